The van der Waals surface area contributed by atoms with Gasteiger partial charge in [-0.1, -0.05) is 6.07 Å². The van der Waals surface area contributed by atoms with Crippen LogP contribution in [0.25, 0.3) is 0 Å². The maximum Gasteiger partial charge on any atom is 0.319 e. The van der Waals surface area contributed by atoms with E-state index in [9.17, 15) is 9.59 Å². The third-order valence-electron chi connectivity index (χ3n) is 3.93. The lowest BCUT2D eigenvalue weighted by Crippen LogP contribution is -2.42. The first-order valence-corrected chi connectivity index (χ1v) is 7.41. The molecular formula is C16H20N4O2. The Kier molecular flexibility index (Phi) is 5.37. The molecule has 3 N–H and O–H groups in total. The van der Waals surface area contributed by atoms with E-state index in [2.05, 4.69) is 16.0 Å². The fourth-order valence-electron chi connectivity index (χ4n) is 2.72. The number of amides is 3. The van der Waals surface area contributed by atoms with Crippen LogP contribution in [0.15, 0.2) is 24.3 Å². The smallest absolute Gasteiger partial charge is 0.319 e. The van der Waals surface area contributed by atoms with Crippen LogP contribution >= 0.6 is 0 Å². The summed E-state index contributed by atoms with van der Waals surface area (Å²) >= 11 is 0. The van der Waals surface area contributed by atoms with Gasteiger partial charge < -0.3 is 16.0 Å². The van der Waals surface area contributed by atoms with Gasteiger partial charge in [0.1, 0.15) is 0 Å². The molecule has 22 heavy (non-hydrogen) atoms. The van der Waals surface area contributed by atoms with Gasteiger partial charge in [-0.3, -0.25) is 4.79 Å². The largest absolute Gasteiger partial charge is 0.359 e. The summed E-state index contributed by atoms with van der Waals surface area (Å²) in [7, 11) is 1.65. The van der Waals surface area contributed by atoms with Crippen molar-refractivity contribution >= 4 is 17.6 Å². The first-order chi connectivity index (χ1) is 10.6. The zero-order valence-electron chi connectivity index (χ0n) is 12.6. The number of anilines is 1. The van der Waals surface area contributed by atoms with Crippen molar-refractivity contribution in [3.63, 3.8) is 0 Å². The van der Waals surface area contributed by atoms with Gasteiger partial charge in [-0.2, -0.15) is 5.26 Å². The molecule has 6 nitrogen and oxygen atoms in total. The molecule has 3 amide bonds. The fourth-order valence-corrected chi connectivity index (χ4v) is 2.72. The molecule has 1 saturated carbocycles. The first-order valence-electron chi connectivity index (χ1n) is 7.41. The van der Waals surface area contributed by atoms with E-state index in [4.69, 9.17) is 5.26 Å². The Morgan fingerprint density at radius 1 is 1.23 bits per heavy atom. The third kappa shape index (κ3) is 4.22. The molecule has 1 aliphatic carbocycles. The summed E-state index contributed by atoms with van der Waals surface area (Å²) < 4.78 is 0. The number of urea groups is 1. The van der Waals surface area contributed by atoms with Crippen molar-refractivity contribution in [1.29, 1.82) is 5.26 Å². The molecule has 1 aromatic carbocycles. The van der Waals surface area contributed by atoms with E-state index in [0.29, 0.717) is 11.3 Å². The molecule has 1 aliphatic rings. The maximum absolute atomic E-state index is 12.0. The lowest BCUT2D eigenvalue weighted by atomic mass is 9.85. The zero-order chi connectivity index (χ0) is 15.9. The van der Waals surface area contributed by atoms with Gasteiger partial charge in [0.05, 0.1) is 11.6 Å². The molecule has 0 bridgehead atoms. The molecular weight excluding hydrogens is 280 g/mol. The minimum Gasteiger partial charge on any atom is -0.359 e. The molecule has 2 rings (SSSR count). The highest BCUT2D eigenvalue weighted by atomic mass is 16.2. The van der Waals surface area contributed by atoms with Crippen LogP contribution in [-0.2, 0) is 4.79 Å². The third-order valence-corrected chi connectivity index (χ3v) is 3.93. The van der Waals surface area contributed by atoms with Crippen LogP contribution in [0.4, 0.5) is 10.5 Å². The van der Waals surface area contributed by atoms with Crippen LogP contribution in [0.2, 0.25) is 0 Å². The average molecular weight is 300 g/mol. The number of hydrogen-bond donors (Lipinski definition) is 3. The number of nitrogens with zero attached hydrogens (tertiary/aromatic N) is 1. The molecule has 6 heteroatoms. The standard InChI is InChI=1S/C16H20N4O2/c1-18-15(21)12-5-7-13(8-6-12)19-16(22)20-14-4-2-3-11(9-14)10-17/h2-4,9,12-13H,5-8H2,1H3,(H,18,21)(H2,19,20,22). The van der Waals surface area contributed by atoms with Crippen molar-refractivity contribution in [3.05, 3.63) is 29.8 Å². The molecule has 0 spiro atoms. The second-order valence-electron chi connectivity index (χ2n) is 5.45. The molecule has 0 unspecified atom stereocenters. The van der Waals surface area contributed by atoms with Gasteiger partial charge >= 0.3 is 6.03 Å². The van der Waals surface area contributed by atoms with E-state index in [0.717, 1.165) is 25.7 Å². The van der Waals surface area contributed by atoms with E-state index in [1.807, 2.05) is 6.07 Å². The highest BCUT2D eigenvalue weighted by Gasteiger charge is 2.26. The van der Waals surface area contributed by atoms with E-state index in [1.54, 1.807) is 31.3 Å². The quantitative estimate of drug-likeness (QED) is 0.796. The fraction of sp³-hybridized carbons (Fsp3) is 0.438. The molecule has 1 fully saturated rings. The van der Waals surface area contributed by atoms with E-state index in [-0.39, 0.29) is 23.9 Å². The molecule has 0 radical (unpaired) electrons. The summed E-state index contributed by atoms with van der Waals surface area (Å²) in [5.41, 5.74) is 1.10. The second-order valence-corrected chi connectivity index (χ2v) is 5.45. The molecule has 0 saturated heterocycles. The number of rotatable bonds is 3. The van der Waals surface area contributed by atoms with Crippen LogP contribution in [-0.4, -0.2) is 25.0 Å². The van der Waals surface area contributed by atoms with Gasteiger partial charge in [0.2, 0.25) is 5.91 Å². The van der Waals surface area contributed by atoms with Gasteiger partial charge in [0.15, 0.2) is 0 Å². The molecule has 116 valence electrons. The Morgan fingerprint density at radius 2 is 1.95 bits per heavy atom. The van der Waals surface area contributed by atoms with Crippen LogP contribution in [0.5, 0.6) is 0 Å². The number of carbonyl (C=O) groups is 2. The number of carbonyl (C=O) groups excluding carboxylic acids is 2. The molecule has 0 aromatic heterocycles. The van der Waals surface area contributed by atoms with E-state index < -0.39 is 0 Å². The van der Waals surface area contributed by atoms with Gasteiger partial charge in [0.25, 0.3) is 0 Å². The van der Waals surface area contributed by atoms with Gasteiger partial charge in [-0.25, -0.2) is 4.79 Å². The zero-order valence-corrected chi connectivity index (χ0v) is 12.6. The molecule has 0 atom stereocenters. The Labute approximate surface area is 129 Å². The van der Waals surface area contributed by atoms with Crippen molar-refractivity contribution in [2.45, 2.75) is 31.7 Å². The lowest BCUT2D eigenvalue weighted by molar-refractivity contribution is -0.125. The number of nitriles is 1. The van der Waals surface area contributed by atoms with Crippen LogP contribution in [0.1, 0.15) is 31.2 Å². The summed E-state index contributed by atoms with van der Waals surface area (Å²) in [4.78, 5) is 23.5. The topological polar surface area (TPSA) is 94.0 Å². The van der Waals surface area contributed by atoms with E-state index >= 15 is 0 Å². The predicted molar refractivity (Wildman–Crippen MR) is 83.1 cm³/mol. The summed E-state index contributed by atoms with van der Waals surface area (Å²) in [5.74, 6) is 0.134. The highest BCUT2D eigenvalue weighted by Crippen LogP contribution is 2.24. The first kappa shape index (κ1) is 15.8. The average Bonchev–Trinajstić information content (AvgIpc) is 2.55. The highest BCUT2D eigenvalue weighted by molar-refractivity contribution is 5.89. The number of nitrogens with one attached hydrogen (secondary N) is 3. The second kappa shape index (κ2) is 7.46. The van der Waals surface area contributed by atoms with Crippen molar-refractivity contribution in [3.8, 4) is 6.07 Å². The Hall–Kier alpha value is -2.55. The minimum atomic E-state index is -0.279. The normalized spacial score (nSPS) is 20.5. The Bertz CT molecular complexity index is 586. The van der Waals surface area contributed by atoms with Crippen molar-refractivity contribution < 1.29 is 9.59 Å². The summed E-state index contributed by atoms with van der Waals surface area (Å²) in [6.45, 7) is 0. The Balaban J connectivity index is 1.81. The summed E-state index contributed by atoms with van der Waals surface area (Å²) in [5, 5.41) is 17.2. The van der Waals surface area contributed by atoms with Gasteiger partial charge in [-0.15, -0.1) is 0 Å². The van der Waals surface area contributed by atoms with Crippen LogP contribution < -0.4 is 16.0 Å². The number of benzene rings is 1. The van der Waals surface area contributed by atoms with Crippen LogP contribution in [0.3, 0.4) is 0 Å². The Morgan fingerprint density at radius 3 is 2.59 bits per heavy atom. The van der Waals surface area contributed by atoms with E-state index in [1.165, 1.54) is 0 Å². The summed E-state index contributed by atoms with van der Waals surface area (Å²) in [6, 6.07) is 8.61. The SMILES string of the molecule is CNC(=O)C1CCC(NC(=O)Nc2cccc(C#N)c2)CC1. The van der Waals surface area contributed by atoms with Gasteiger partial charge in [-0.05, 0) is 43.9 Å². The molecule has 0 aliphatic heterocycles. The lowest BCUT2D eigenvalue weighted by Gasteiger charge is -2.28. The van der Waals surface area contributed by atoms with Crippen molar-refractivity contribution in [1.82, 2.24) is 10.6 Å². The van der Waals surface area contributed by atoms with Crippen molar-refractivity contribution in [2.75, 3.05) is 12.4 Å². The molecule has 0 heterocycles. The minimum absolute atomic E-state index is 0.0541. The van der Waals surface area contributed by atoms with Crippen LogP contribution in [0, 0.1) is 17.2 Å². The maximum atomic E-state index is 12.0. The monoisotopic (exact) mass is 300 g/mol. The molecule has 1 aromatic rings. The summed E-state index contributed by atoms with van der Waals surface area (Å²) in [6.07, 6.45) is 3.16. The number of hydrogen-bond acceptors (Lipinski definition) is 3. The van der Waals surface area contributed by atoms with Gasteiger partial charge in [0, 0.05) is 24.7 Å². The predicted octanol–water partition coefficient (Wildman–Crippen LogP) is 1.98. The van der Waals surface area contributed by atoms with Crippen molar-refractivity contribution in [2.24, 2.45) is 5.92 Å².